The fourth-order valence-corrected chi connectivity index (χ4v) is 4.46. The van der Waals surface area contributed by atoms with E-state index >= 15 is 0 Å². The minimum atomic E-state index is -3.57. The Balaban J connectivity index is 2.01. The second-order valence-corrected chi connectivity index (χ2v) is 7.79. The summed E-state index contributed by atoms with van der Waals surface area (Å²) in [4.78, 5) is 5.40. The summed E-state index contributed by atoms with van der Waals surface area (Å²) in [7, 11) is -3.57. The van der Waals surface area contributed by atoms with Gasteiger partial charge in [-0.05, 0) is 37.6 Å². The third kappa shape index (κ3) is 2.66. The molecule has 0 spiro atoms. The molecule has 0 amide bonds. The van der Waals surface area contributed by atoms with Crippen molar-refractivity contribution in [1.82, 2.24) is 9.38 Å². The first-order valence-corrected chi connectivity index (χ1v) is 8.85. The number of aromatic nitrogens is 2. The minimum Gasteiger partial charge on any atom is -0.305 e. The number of imidazole rings is 1. The average Bonchev–Trinajstić information content (AvgIpc) is 3.04. The molecule has 110 valence electrons. The molecule has 0 atom stereocenters. The van der Waals surface area contributed by atoms with Gasteiger partial charge in [-0.1, -0.05) is 6.92 Å². The molecular formula is C14H15N3O2S2. The standard InChI is InChI=1S/C14H15N3O2S2/c1-3-11-6-7-13(20-11)21(18,19)16-12-5-4-8-17-9-10(2)15-14(12)17/h4-9,16H,3H2,1-2H3. The van der Waals surface area contributed by atoms with E-state index < -0.39 is 10.0 Å². The predicted octanol–water partition coefficient (Wildman–Crippen LogP) is 3.07. The van der Waals surface area contributed by atoms with Crippen LogP contribution in [0.3, 0.4) is 0 Å². The summed E-state index contributed by atoms with van der Waals surface area (Å²) in [5.74, 6) is 0. The van der Waals surface area contributed by atoms with Crippen LogP contribution in [-0.4, -0.2) is 17.8 Å². The highest BCUT2D eigenvalue weighted by Gasteiger charge is 2.18. The molecule has 0 saturated carbocycles. The first-order valence-electron chi connectivity index (χ1n) is 6.55. The number of aryl methyl sites for hydroxylation is 2. The summed E-state index contributed by atoms with van der Waals surface area (Å²) in [6, 6.07) is 6.99. The Morgan fingerprint density at radius 3 is 2.86 bits per heavy atom. The highest BCUT2D eigenvalue weighted by Crippen LogP contribution is 2.26. The molecule has 7 heteroatoms. The van der Waals surface area contributed by atoms with Crippen LogP contribution in [0.5, 0.6) is 0 Å². The zero-order chi connectivity index (χ0) is 15.0. The lowest BCUT2D eigenvalue weighted by Gasteiger charge is -2.07. The second kappa shape index (κ2) is 5.16. The van der Waals surface area contributed by atoms with Gasteiger partial charge in [0.2, 0.25) is 0 Å². The molecule has 0 aliphatic heterocycles. The maximum absolute atomic E-state index is 12.4. The Morgan fingerprint density at radius 2 is 2.14 bits per heavy atom. The second-order valence-electron chi connectivity index (χ2n) is 4.71. The summed E-state index contributed by atoms with van der Waals surface area (Å²) in [5, 5.41) is 0. The Bertz CT molecular complexity index is 894. The van der Waals surface area contributed by atoms with E-state index in [2.05, 4.69) is 9.71 Å². The number of thiophene rings is 1. The lowest BCUT2D eigenvalue weighted by Crippen LogP contribution is -2.12. The van der Waals surface area contributed by atoms with E-state index in [9.17, 15) is 8.42 Å². The van der Waals surface area contributed by atoms with Gasteiger partial charge in [-0.15, -0.1) is 11.3 Å². The monoisotopic (exact) mass is 321 g/mol. The van der Waals surface area contributed by atoms with Crippen molar-refractivity contribution in [2.45, 2.75) is 24.5 Å². The lowest BCUT2D eigenvalue weighted by molar-refractivity contribution is 0.603. The Kier molecular flexibility index (Phi) is 3.46. The average molecular weight is 321 g/mol. The maximum atomic E-state index is 12.4. The number of rotatable bonds is 4. The number of nitrogens with zero attached hydrogens (tertiary/aromatic N) is 2. The Labute approximate surface area is 127 Å². The molecule has 0 unspecified atom stereocenters. The highest BCUT2D eigenvalue weighted by atomic mass is 32.2. The van der Waals surface area contributed by atoms with Crippen LogP contribution in [0.1, 0.15) is 17.5 Å². The fourth-order valence-electron chi connectivity index (χ4n) is 2.10. The molecule has 3 aromatic heterocycles. The zero-order valence-corrected chi connectivity index (χ0v) is 13.3. The summed E-state index contributed by atoms with van der Waals surface area (Å²) >= 11 is 1.29. The third-order valence-corrected chi connectivity index (χ3v) is 6.18. The van der Waals surface area contributed by atoms with Crippen LogP contribution in [0, 0.1) is 6.92 Å². The minimum absolute atomic E-state index is 0.324. The van der Waals surface area contributed by atoms with E-state index in [4.69, 9.17) is 0 Å². The maximum Gasteiger partial charge on any atom is 0.271 e. The quantitative estimate of drug-likeness (QED) is 0.803. The van der Waals surface area contributed by atoms with Crippen LogP contribution < -0.4 is 4.72 Å². The normalized spacial score (nSPS) is 11.9. The van der Waals surface area contributed by atoms with E-state index in [1.807, 2.05) is 32.3 Å². The Hall–Kier alpha value is -1.86. The first kappa shape index (κ1) is 14.1. The van der Waals surface area contributed by atoms with Gasteiger partial charge in [-0.25, -0.2) is 13.4 Å². The van der Waals surface area contributed by atoms with Crippen molar-refractivity contribution in [3.8, 4) is 0 Å². The molecular weight excluding hydrogens is 306 g/mol. The van der Waals surface area contributed by atoms with Crippen LogP contribution in [0.4, 0.5) is 5.69 Å². The summed E-state index contributed by atoms with van der Waals surface area (Å²) in [6.07, 6.45) is 4.52. The van der Waals surface area contributed by atoms with Crippen LogP contribution in [0.2, 0.25) is 0 Å². The Morgan fingerprint density at radius 1 is 1.33 bits per heavy atom. The molecule has 1 N–H and O–H groups in total. The number of fused-ring (bicyclic) bond motifs is 1. The summed E-state index contributed by atoms with van der Waals surface area (Å²) in [6.45, 7) is 3.88. The van der Waals surface area contributed by atoms with Gasteiger partial charge < -0.3 is 4.40 Å². The number of hydrogen-bond donors (Lipinski definition) is 1. The molecule has 0 radical (unpaired) electrons. The lowest BCUT2D eigenvalue weighted by atomic mass is 10.4. The van der Waals surface area contributed by atoms with E-state index in [-0.39, 0.29) is 0 Å². The van der Waals surface area contributed by atoms with Crippen molar-refractivity contribution in [2.24, 2.45) is 0 Å². The number of hydrogen-bond acceptors (Lipinski definition) is 4. The van der Waals surface area contributed by atoms with Gasteiger partial charge in [-0.2, -0.15) is 0 Å². The van der Waals surface area contributed by atoms with Gasteiger partial charge in [0, 0.05) is 17.3 Å². The topological polar surface area (TPSA) is 63.5 Å². The van der Waals surface area contributed by atoms with Gasteiger partial charge in [0.05, 0.1) is 11.4 Å². The van der Waals surface area contributed by atoms with Gasteiger partial charge >= 0.3 is 0 Å². The summed E-state index contributed by atoms with van der Waals surface area (Å²) in [5.41, 5.74) is 1.92. The molecule has 3 aromatic rings. The van der Waals surface area contributed by atoms with Gasteiger partial charge in [0.15, 0.2) is 5.65 Å². The SMILES string of the molecule is CCc1ccc(S(=O)(=O)Nc2cccn3cc(C)nc23)s1. The van der Waals surface area contributed by atoms with E-state index in [1.54, 1.807) is 22.6 Å². The van der Waals surface area contributed by atoms with E-state index in [0.29, 0.717) is 15.5 Å². The van der Waals surface area contributed by atoms with Crippen molar-refractivity contribution in [3.63, 3.8) is 0 Å². The van der Waals surface area contributed by atoms with Crippen molar-refractivity contribution in [3.05, 3.63) is 47.2 Å². The van der Waals surface area contributed by atoms with Gasteiger partial charge in [0.1, 0.15) is 4.21 Å². The molecule has 3 rings (SSSR count). The van der Waals surface area contributed by atoms with Gasteiger partial charge in [0.25, 0.3) is 10.0 Å². The molecule has 0 saturated heterocycles. The molecule has 5 nitrogen and oxygen atoms in total. The van der Waals surface area contributed by atoms with E-state index in [1.165, 1.54) is 11.3 Å². The third-order valence-electron chi connectivity index (χ3n) is 3.10. The largest absolute Gasteiger partial charge is 0.305 e. The first-order chi connectivity index (χ1) is 9.99. The number of nitrogens with one attached hydrogen (secondary N) is 1. The smallest absolute Gasteiger partial charge is 0.271 e. The molecule has 21 heavy (non-hydrogen) atoms. The van der Waals surface area contributed by atoms with Crippen molar-refractivity contribution in [2.75, 3.05) is 4.72 Å². The summed E-state index contributed by atoms with van der Waals surface area (Å²) < 4.78 is 29.6. The molecule has 3 heterocycles. The van der Waals surface area contributed by atoms with Crippen LogP contribution in [0.15, 0.2) is 40.9 Å². The van der Waals surface area contributed by atoms with Crippen molar-refractivity contribution < 1.29 is 8.42 Å². The zero-order valence-electron chi connectivity index (χ0n) is 11.7. The molecule has 0 bridgehead atoms. The van der Waals surface area contributed by atoms with Crippen molar-refractivity contribution >= 4 is 32.7 Å². The van der Waals surface area contributed by atoms with Crippen molar-refractivity contribution in [1.29, 1.82) is 0 Å². The van der Waals surface area contributed by atoms with Crippen LogP contribution in [-0.2, 0) is 16.4 Å². The molecule has 0 aliphatic carbocycles. The van der Waals surface area contributed by atoms with Crippen LogP contribution >= 0.6 is 11.3 Å². The molecule has 0 fully saturated rings. The highest BCUT2D eigenvalue weighted by molar-refractivity contribution is 7.94. The predicted molar refractivity (Wildman–Crippen MR) is 84.4 cm³/mol. The fraction of sp³-hybridized carbons (Fsp3) is 0.214. The molecule has 0 aliphatic rings. The number of anilines is 1. The number of sulfonamides is 1. The van der Waals surface area contributed by atoms with Crippen LogP contribution in [0.25, 0.3) is 5.65 Å². The molecule has 0 aromatic carbocycles. The van der Waals surface area contributed by atoms with Gasteiger partial charge in [-0.3, -0.25) is 4.72 Å². The number of pyridine rings is 1. The van der Waals surface area contributed by atoms with E-state index in [0.717, 1.165) is 17.0 Å².